The molecule has 0 amide bonds. The van der Waals surface area contributed by atoms with Gasteiger partial charge in [0.15, 0.2) is 0 Å². The Kier molecular flexibility index (Phi) is 12.7. The average Bonchev–Trinajstić information content (AvgIpc) is 3.90. The first-order valence-electron chi connectivity index (χ1n) is 23.6. The van der Waals surface area contributed by atoms with Crippen LogP contribution in [0.4, 0.5) is 0 Å². The second-order valence-electron chi connectivity index (χ2n) is 22.3. The molecule has 0 aliphatic carbocycles. The molecule has 5 nitrogen and oxygen atoms in total. The van der Waals surface area contributed by atoms with Crippen molar-refractivity contribution < 1.29 is 30.4 Å². The summed E-state index contributed by atoms with van der Waals surface area (Å²) in [7, 11) is 0. The molecule has 6 aromatic carbocycles. The van der Waals surface area contributed by atoms with Crippen LogP contribution in [-0.4, -0.2) is 14.1 Å². The minimum absolute atomic E-state index is 0. The molecule has 0 aliphatic rings. The molecule has 9 aromatic rings. The molecule has 0 bridgehead atoms. The number of aromatic nitrogens is 4. The van der Waals surface area contributed by atoms with Crippen LogP contribution in [0.1, 0.15) is 129 Å². The molecule has 0 aliphatic heterocycles. The fraction of sp³-hybridized carbons (Fsp3) is 0.290. The maximum Gasteiger partial charge on any atom is 0.267 e. The Balaban J connectivity index is 0.00000625. The molecule has 0 saturated heterocycles. The summed E-state index contributed by atoms with van der Waals surface area (Å²) in [5.74, 6) is 2.01. The summed E-state index contributed by atoms with van der Waals surface area (Å²) >= 11 is 0. The van der Waals surface area contributed by atoms with Gasteiger partial charge in [-0.25, -0.2) is 4.98 Å². The van der Waals surface area contributed by atoms with Gasteiger partial charge in [-0.3, -0.25) is 4.57 Å². The predicted octanol–water partition coefficient (Wildman–Crippen LogP) is 15.0. The largest absolute Gasteiger partial charge is 0.510 e. The first kappa shape index (κ1) is 48.4. The van der Waals surface area contributed by atoms with Crippen LogP contribution in [0.3, 0.4) is 0 Å². The van der Waals surface area contributed by atoms with E-state index in [0.717, 1.165) is 50.3 Å². The average molecular weight is 1080 g/mol. The van der Waals surface area contributed by atoms with Crippen LogP contribution in [0, 0.1) is 18.5 Å². The van der Waals surface area contributed by atoms with E-state index in [2.05, 4.69) is 256 Å². The van der Waals surface area contributed by atoms with Gasteiger partial charge < -0.3 is 13.9 Å². The summed E-state index contributed by atoms with van der Waals surface area (Å²) in [6.45, 7) is 29.6. The molecule has 9 rings (SSSR count). The zero-order valence-electron chi connectivity index (χ0n) is 41.9. The molecule has 0 spiro atoms. The van der Waals surface area contributed by atoms with Crippen molar-refractivity contribution in [3.8, 4) is 28.7 Å². The molecular weight excluding hydrogens is 1010 g/mol. The summed E-state index contributed by atoms with van der Waals surface area (Å²) in [6, 6.07) is 57.2. The molecule has 68 heavy (non-hydrogen) atoms. The molecule has 6 heteroatoms. The number of hydrogen-bond acceptors (Lipinski definition) is 2. The van der Waals surface area contributed by atoms with Crippen LogP contribution in [0.15, 0.2) is 152 Å². The molecule has 0 radical (unpaired) electrons. The summed E-state index contributed by atoms with van der Waals surface area (Å²) < 4.78 is 13.5. The number of nitrogens with zero attached hydrogens (tertiary/aromatic N) is 4. The Bertz CT molecular complexity index is 3230. The Hall–Kier alpha value is -6.03. The number of rotatable bonds is 9. The fourth-order valence-corrected chi connectivity index (χ4v) is 9.31. The van der Waals surface area contributed by atoms with E-state index in [-0.39, 0.29) is 42.7 Å². The summed E-state index contributed by atoms with van der Waals surface area (Å²) in [4.78, 5) is 5.07. The van der Waals surface area contributed by atoms with Gasteiger partial charge in [0.05, 0.1) is 11.4 Å². The number of fused-ring (bicyclic) bond motifs is 3. The van der Waals surface area contributed by atoms with E-state index >= 15 is 0 Å². The number of ether oxygens (including phenoxy) is 1. The number of benzene rings is 6. The van der Waals surface area contributed by atoms with Crippen molar-refractivity contribution in [3.63, 3.8) is 0 Å². The summed E-state index contributed by atoms with van der Waals surface area (Å²) in [5, 5.41) is 2.26. The van der Waals surface area contributed by atoms with E-state index < -0.39 is 5.41 Å². The Labute approximate surface area is 419 Å². The maximum atomic E-state index is 6.99. The standard InChI is InChI=1S/C62H64N4O.Pt/c1-58(2,3)45-33-46(59(4,5)6)35-48(34-45)64-40-55(60(7,8)9)65(41-64)47-27-22-28-49(37-47)67-50-38-52(62(12,13)43-25-18-15-19-26-43)57-51-29-20-21-30-53(51)66(54(57)39-50)56-36-44(31-32-63-56)61(10,11)42-23-16-14-17-24-42;/h14-36,38,40H,1-13H3;/q-2;. The van der Waals surface area contributed by atoms with E-state index in [4.69, 9.17) is 9.72 Å². The fourth-order valence-electron chi connectivity index (χ4n) is 9.31. The Morgan fingerprint density at radius 3 is 1.75 bits per heavy atom. The quantitative estimate of drug-likeness (QED) is 0.107. The molecule has 0 saturated carbocycles. The minimum atomic E-state index is -0.412. The van der Waals surface area contributed by atoms with E-state index in [1.54, 1.807) is 0 Å². The SMILES string of the molecule is CC(C)(C)c1cc(-[n+]2[c-]n(-c3[c-]c(Oc4[c-]c5c(c(C(C)(C)c6ccccc6)c4)c4ccccc4n5-c4cc(C(C)(C)c5ccccc5)ccn4)ccc3)c(C(C)(C)C)c2)cc(C(C)(C)C)c1.[Pt]. The molecule has 0 unspecified atom stereocenters. The number of pyridine rings is 1. The third-order valence-corrected chi connectivity index (χ3v) is 13.6. The van der Waals surface area contributed by atoms with Crippen LogP contribution < -0.4 is 9.30 Å². The molecule has 0 N–H and O–H groups in total. The molecule has 0 atom stereocenters. The van der Waals surface area contributed by atoms with Crippen LogP contribution in [0.25, 0.3) is 39.0 Å². The normalized spacial score (nSPS) is 12.7. The van der Waals surface area contributed by atoms with Crippen molar-refractivity contribution in [2.75, 3.05) is 0 Å². The van der Waals surface area contributed by atoms with Gasteiger partial charge in [0.25, 0.3) is 6.33 Å². The molecular formula is C62H64N4OPt-2. The van der Waals surface area contributed by atoms with Crippen LogP contribution >= 0.6 is 0 Å². The second-order valence-corrected chi connectivity index (χ2v) is 22.3. The molecule has 0 fully saturated rings. The van der Waals surface area contributed by atoms with Gasteiger partial charge in [0, 0.05) is 55.9 Å². The van der Waals surface area contributed by atoms with E-state index in [0.29, 0.717) is 11.5 Å². The second kappa shape index (κ2) is 17.8. The predicted molar refractivity (Wildman–Crippen MR) is 276 cm³/mol. The Morgan fingerprint density at radius 1 is 0.529 bits per heavy atom. The maximum absolute atomic E-state index is 6.99. The molecule has 350 valence electrons. The number of para-hydroxylation sites is 1. The van der Waals surface area contributed by atoms with E-state index in [1.807, 2.05) is 18.3 Å². The van der Waals surface area contributed by atoms with Gasteiger partial charge in [0.1, 0.15) is 5.82 Å². The van der Waals surface area contributed by atoms with Crippen molar-refractivity contribution in [3.05, 3.63) is 209 Å². The van der Waals surface area contributed by atoms with Crippen molar-refractivity contribution >= 4 is 21.8 Å². The molecule has 3 heterocycles. The first-order valence-corrected chi connectivity index (χ1v) is 23.6. The Morgan fingerprint density at radius 2 is 1.13 bits per heavy atom. The first-order chi connectivity index (χ1) is 31.6. The molecule has 3 aromatic heterocycles. The van der Waals surface area contributed by atoms with Crippen molar-refractivity contribution in [1.82, 2.24) is 14.1 Å². The van der Waals surface area contributed by atoms with Crippen LogP contribution in [0.2, 0.25) is 0 Å². The van der Waals surface area contributed by atoms with Crippen LogP contribution in [-0.2, 0) is 48.1 Å². The smallest absolute Gasteiger partial charge is 0.267 e. The van der Waals surface area contributed by atoms with Crippen molar-refractivity contribution in [1.29, 1.82) is 0 Å². The topological polar surface area (TPSA) is 35.9 Å². The third kappa shape index (κ3) is 9.15. The van der Waals surface area contributed by atoms with Gasteiger partial charge in [-0.15, -0.1) is 29.8 Å². The zero-order valence-corrected chi connectivity index (χ0v) is 44.2. The van der Waals surface area contributed by atoms with E-state index in [9.17, 15) is 0 Å². The summed E-state index contributed by atoms with van der Waals surface area (Å²) in [5.41, 5.74) is 11.4. The number of imidazole rings is 1. The summed E-state index contributed by atoms with van der Waals surface area (Å²) in [6.07, 6.45) is 7.89. The van der Waals surface area contributed by atoms with Gasteiger partial charge >= 0.3 is 0 Å². The monoisotopic (exact) mass is 1080 g/mol. The van der Waals surface area contributed by atoms with E-state index in [1.165, 1.54) is 27.8 Å². The minimum Gasteiger partial charge on any atom is -0.510 e. The third-order valence-electron chi connectivity index (χ3n) is 13.6. The van der Waals surface area contributed by atoms with Gasteiger partial charge in [-0.1, -0.05) is 186 Å². The van der Waals surface area contributed by atoms with Gasteiger partial charge in [-0.2, -0.15) is 12.1 Å². The van der Waals surface area contributed by atoms with Crippen molar-refractivity contribution in [2.45, 2.75) is 117 Å². The van der Waals surface area contributed by atoms with Gasteiger partial charge in [0.2, 0.25) is 0 Å². The van der Waals surface area contributed by atoms with Crippen LogP contribution in [0.5, 0.6) is 11.5 Å². The van der Waals surface area contributed by atoms with Gasteiger partial charge in [-0.05, 0) is 90.9 Å². The number of hydrogen-bond donors (Lipinski definition) is 0. The zero-order chi connectivity index (χ0) is 47.7. The van der Waals surface area contributed by atoms with Crippen molar-refractivity contribution in [2.24, 2.45) is 0 Å².